The van der Waals surface area contributed by atoms with Crippen molar-refractivity contribution in [3.05, 3.63) is 0 Å². The van der Waals surface area contributed by atoms with E-state index >= 15 is 0 Å². The molecule has 2 heteroatoms. The van der Waals surface area contributed by atoms with Gasteiger partial charge < -0.3 is 0 Å². The molecule has 0 radical (unpaired) electrons. The van der Waals surface area contributed by atoms with Crippen molar-refractivity contribution in [3.63, 3.8) is 0 Å². The molecule has 0 bridgehead atoms. The fraction of sp³-hybridized carbons (Fsp3) is 1.00. The summed E-state index contributed by atoms with van der Waals surface area (Å²) in [6.07, 6.45) is 1.08. The molecule has 0 aromatic rings. The molecule has 2 nitrogen and oxygen atoms in total. The van der Waals surface area contributed by atoms with Crippen LogP contribution in [0.4, 0.5) is 0 Å². The van der Waals surface area contributed by atoms with Gasteiger partial charge in [0.15, 0.2) is 0 Å². The lowest BCUT2D eigenvalue weighted by atomic mass is 10.3. The molecular weight excluding hydrogens is 88.1 g/mol. The average Bonchev–Trinajstić information content (AvgIpc) is 1.68. The molecule has 42 valence electrons. The van der Waals surface area contributed by atoms with E-state index in [2.05, 4.69) is 17.2 Å². The molecule has 0 aromatic heterocycles. The minimum Gasteiger partial charge on any atom is -0.197 e. The van der Waals surface area contributed by atoms with Crippen LogP contribution in [0.1, 0.15) is 20.3 Å². The van der Waals surface area contributed by atoms with Gasteiger partial charge in [0.2, 0.25) is 0 Å². The second kappa shape index (κ2) is 3.78. The van der Waals surface area contributed by atoms with Crippen LogP contribution in [-0.4, -0.2) is 13.1 Å². The van der Waals surface area contributed by atoms with Crippen molar-refractivity contribution in [3.8, 4) is 0 Å². The van der Waals surface area contributed by atoms with Crippen LogP contribution in [0.2, 0.25) is 0 Å². The molecule has 0 aliphatic rings. The molecular formula is C5H12N2. The van der Waals surface area contributed by atoms with Crippen molar-refractivity contribution < 1.29 is 0 Å². The van der Waals surface area contributed by atoms with Gasteiger partial charge in [-0.25, -0.2) is 0 Å². The smallest absolute Gasteiger partial charge is 0.0677 e. The second-order valence-electron chi connectivity index (χ2n) is 1.57. The molecule has 0 N–H and O–H groups in total. The van der Waals surface area contributed by atoms with Gasteiger partial charge in [-0.1, -0.05) is 6.92 Å². The predicted octanol–water partition coefficient (Wildman–Crippen LogP) is 1.87. The third-order valence-corrected chi connectivity index (χ3v) is 0.903. The van der Waals surface area contributed by atoms with Crippen LogP contribution in [0.15, 0.2) is 10.2 Å². The van der Waals surface area contributed by atoms with Gasteiger partial charge >= 0.3 is 0 Å². The largest absolute Gasteiger partial charge is 0.197 e. The molecule has 0 heterocycles. The van der Waals surface area contributed by atoms with Crippen molar-refractivity contribution in [1.29, 1.82) is 0 Å². The minimum absolute atomic E-state index is 0.407. The summed E-state index contributed by atoms with van der Waals surface area (Å²) in [5.41, 5.74) is 0. The number of nitrogens with zero attached hydrogens (tertiary/aromatic N) is 2. The Morgan fingerprint density at radius 3 is 2.29 bits per heavy atom. The molecule has 0 saturated heterocycles. The van der Waals surface area contributed by atoms with Gasteiger partial charge in [-0.3, -0.25) is 0 Å². The topological polar surface area (TPSA) is 24.7 Å². The van der Waals surface area contributed by atoms with Gasteiger partial charge in [-0.2, -0.15) is 10.2 Å². The highest BCUT2D eigenvalue weighted by molar-refractivity contribution is 4.49. The summed E-state index contributed by atoms with van der Waals surface area (Å²) < 4.78 is 0. The summed E-state index contributed by atoms with van der Waals surface area (Å²) >= 11 is 0. The number of azo groups is 1. The number of rotatable bonds is 2. The fourth-order valence-corrected chi connectivity index (χ4v) is 0.279. The van der Waals surface area contributed by atoms with Crippen molar-refractivity contribution in [2.24, 2.45) is 10.2 Å². The Morgan fingerprint density at radius 1 is 1.57 bits per heavy atom. The van der Waals surface area contributed by atoms with Crippen molar-refractivity contribution in [2.45, 2.75) is 26.3 Å². The second-order valence-corrected chi connectivity index (χ2v) is 1.57. The number of hydrogen-bond acceptors (Lipinski definition) is 2. The molecule has 7 heavy (non-hydrogen) atoms. The Balaban J connectivity index is 3.16. The van der Waals surface area contributed by atoms with E-state index in [9.17, 15) is 0 Å². The zero-order valence-corrected chi connectivity index (χ0v) is 5.18. The zero-order valence-electron chi connectivity index (χ0n) is 5.18. The number of hydrogen-bond donors (Lipinski definition) is 0. The Bertz CT molecular complexity index is 59.1. The average molecular weight is 100 g/mol. The first-order valence-corrected chi connectivity index (χ1v) is 2.60. The quantitative estimate of drug-likeness (QED) is 0.473. The van der Waals surface area contributed by atoms with Gasteiger partial charge in [-0.05, 0) is 13.3 Å². The van der Waals surface area contributed by atoms with Gasteiger partial charge in [0.05, 0.1) is 6.04 Å². The first-order valence-electron chi connectivity index (χ1n) is 2.60. The van der Waals surface area contributed by atoms with Crippen LogP contribution >= 0.6 is 0 Å². The first kappa shape index (κ1) is 6.60. The normalized spacial score (nSPS) is 15.3. The maximum Gasteiger partial charge on any atom is 0.0677 e. The van der Waals surface area contributed by atoms with Gasteiger partial charge in [0.25, 0.3) is 0 Å². The lowest BCUT2D eigenvalue weighted by molar-refractivity contribution is 0.674. The Labute approximate surface area is 44.6 Å². The van der Waals surface area contributed by atoms with Crippen molar-refractivity contribution in [1.82, 2.24) is 0 Å². The highest BCUT2D eigenvalue weighted by Gasteiger charge is 1.88. The summed E-state index contributed by atoms with van der Waals surface area (Å²) in [5, 5.41) is 7.50. The highest BCUT2D eigenvalue weighted by atomic mass is 15.1. The van der Waals surface area contributed by atoms with E-state index < -0.39 is 0 Å². The molecule has 0 saturated carbocycles. The van der Waals surface area contributed by atoms with Crippen LogP contribution in [-0.2, 0) is 0 Å². The monoisotopic (exact) mass is 100 g/mol. The van der Waals surface area contributed by atoms with Crippen LogP contribution in [0.5, 0.6) is 0 Å². The van der Waals surface area contributed by atoms with E-state index in [1.165, 1.54) is 0 Å². The Morgan fingerprint density at radius 2 is 2.14 bits per heavy atom. The highest BCUT2D eigenvalue weighted by Crippen LogP contribution is 1.93. The molecule has 0 fully saturated rings. The summed E-state index contributed by atoms with van der Waals surface area (Å²) in [6.45, 7) is 4.15. The Kier molecular flexibility index (Phi) is 3.56. The summed E-state index contributed by atoms with van der Waals surface area (Å²) in [6, 6.07) is 0.407. The van der Waals surface area contributed by atoms with Crippen molar-refractivity contribution in [2.75, 3.05) is 7.05 Å². The molecule has 0 spiro atoms. The van der Waals surface area contributed by atoms with E-state index in [0.717, 1.165) is 6.42 Å². The third-order valence-electron chi connectivity index (χ3n) is 0.903. The molecule has 1 unspecified atom stereocenters. The van der Waals surface area contributed by atoms with Gasteiger partial charge in [-0.15, -0.1) is 0 Å². The summed E-state index contributed by atoms with van der Waals surface area (Å²) in [7, 11) is 1.70. The molecule has 0 aliphatic heterocycles. The maximum absolute atomic E-state index is 3.87. The Hall–Kier alpha value is -0.400. The van der Waals surface area contributed by atoms with Crippen LogP contribution in [0, 0.1) is 0 Å². The predicted molar refractivity (Wildman–Crippen MR) is 30.5 cm³/mol. The maximum atomic E-state index is 3.87. The van der Waals surface area contributed by atoms with Crippen LogP contribution in [0.3, 0.4) is 0 Å². The molecule has 0 amide bonds. The molecule has 1 atom stereocenters. The van der Waals surface area contributed by atoms with E-state index in [1.54, 1.807) is 7.05 Å². The summed E-state index contributed by atoms with van der Waals surface area (Å²) in [4.78, 5) is 0. The molecule has 0 rings (SSSR count). The molecule has 0 aromatic carbocycles. The SMILES string of the molecule is CCC(C)/N=N\C. The van der Waals surface area contributed by atoms with Crippen molar-refractivity contribution >= 4 is 0 Å². The van der Waals surface area contributed by atoms with Crippen LogP contribution in [0.25, 0.3) is 0 Å². The lowest BCUT2D eigenvalue weighted by Gasteiger charge is -1.94. The van der Waals surface area contributed by atoms with E-state index in [4.69, 9.17) is 0 Å². The lowest BCUT2D eigenvalue weighted by Crippen LogP contribution is -1.90. The van der Waals surface area contributed by atoms with E-state index in [1.807, 2.05) is 6.92 Å². The zero-order chi connectivity index (χ0) is 5.70. The van der Waals surface area contributed by atoms with E-state index in [-0.39, 0.29) is 0 Å². The molecule has 0 aliphatic carbocycles. The van der Waals surface area contributed by atoms with Gasteiger partial charge in [0.1, 0.15) is 0 Å². The summed E-state index contributed by atoms with van der Waals surface area (Å²) in [5.74, 6) is 0. The third kappa shape index (κ3) is 3.43. The minimum atomic E-state index is 0.407. The standard InChI is InChI=1S/C5H12N2/c1-4-5(2)7-6-3/h5H,4H2,1-3H3/b7-6-. The van der Waals surface area contributed by atoms with Crippen LogP contribution < -0.4 is 0 Å². The van der Waals surface area contributed by atoms with Gasteiger partial charge in [0, 0.05) is 7.05 Å². The fourth-order valence-electron chi connectivity index (χ4n) is 0.279. The van der Waals surface area contributed by atoms with E-state index in [0.29, 0.717) is 6.04 Å². The first-order chi connectivity index (χ1) is 3.31.